The number of hydrogen-bond donors (Lipinski definition) is 1. The zero-order chi connectivity index (χ0) is 7.61. The van der Waals surface area contributed by atoms with Gasteiger partial charge in [-0.3, -0.25) is 5.26 Å². The maximum Gasteiger partial charge on any atom is 0.103 e. The second kappa shape index (κ2) is 2.89. The summed E-state index contributed by atoms with van der Waals surface area (Å²) in [6, 6.07) is 0. The van der Waals surface area contributed by atoms with Crippen molar-refractivity contribution in [2.24, 2.45) is 5.92 Å². The van der Waals surface area contributed by atoms with Crippen molar-refractivity contribution >= 4 is 0 Å². The maximum absolute atomic E-state index is 8.62. The van der Waals surface area contributed by atoms with E-state index in [9.17, 15) is 0 Å². The maximum atomic E-state index is 8.62. The van der Waals surface area contributed by atoms with Crippen LogP contribution in [0.25, 0.3) is 0 Å². The second-order valence-corrected chi connectivity index (χ2v) is 3.55. The van der Waals surface area contributed by atoms with Crippen LogP contribution in [0.1, 0.15) is 39.5 Å². The van der Waals surface area contributed by atoms with E-state index in [2.05, 4.69) is 11.8 Å². The Labute approximate surface area is 62.1 Å². The average molecular weight is 144 g/mol. The SMILES string of the molecule is CC1CCCCC1(C)OO. The molecule has 10 heavy (non-hydrogen) atoms. The van der Waals surface area contributed by atoms with Gasteiger partial charge < -0.3 is 0 Å². The van der Waals surface area contributed by atoms with Crippen molar-refractivity contribution in [3.63, 3.8) is 0 Å². The van der Waals surface area contributed by atoms with Gasteiger partial charge in [-0.1, -0.05) is 19.8 Å². The number of hydrogen-bond acceptors (Lipinski definition) is 2. The lowest BCUT2D eigenvalue weighted by molar-refractivity contribution is -0.337. The van der Waals surface area contributed by atoms with E-state index in [1.54, 1.807) is 0 Å². The molecule has 0 heterocycles. The lowest BCUT2D eigenvalue weighted by atomic mass is 9.78. The van der Waals surface area contributed by atoms with Gasteiger partial charge in [0.2, 0.25) is 0 Å². The summed E-state index contributed by atoms with van der Waals surface area (Å²) in [5.74, 6) is 0.492. The largest absolute Gasteiger partial charge is 0.251 e. The van der Waals surface area contributed by atoms with Crippen LogP contribution in [0.2, 0.25) is 0 Å². The minimum Gasteiger partial charge on any atom is -0.251 e. The summed E-state index contributed by atoms with van der Waals surface area (Å²) in [7, 11) is 0. The Morgan fingerprint density at radius 2 is 2.20 bits per heavy atom. The normalized spacial score (nSPS) is 41.7. The van der Waals surface area contributed by atoms with Gasteiger partial charge in [-0.25, -0.2) is 4.89 Å². The predicted octanol–water partition coefficient (Wildman–Crippen LogP) is 2.44. The molecule has 0 aromatic carbocycles. The standard InChI is InChI=1S/C8H16O2/c1-7-5-3-4-6-8(7,2)10-9/h7,9H,3-6H2,1-2H3. The van der Waals surface area contributed by atoms with Crippen molar-refractivity contribution in [2.75, 3.05) is 0 Å². The van der Waals surface area contributed by atoms with E-state index in [1.165, 1.54) is 19.3 Å². The topological polar surface area (TPSA) is 29.5 Å². The van der Waals surface area contributed by atoms with Crippen LogP contribution in [0, 0.1) is 5.92 Å². The molecule has 1 aliphatic carbocycles. The molecule has 0 aliphatic heterocycles. The third-order valence-electron chi connectivity index (χ3n) is 2.81. The highest BCUT2D eigenvalue weighted by Gasteiger charge is 2.34. The van der Waals surface area contributed by atoms with Gasteiger partial charge in [0.05, 0.1) is 0 Å². The molecule has 0 aromatic heterocycles. The van der Waals surface area contributed by atoms with Crippen molar-refractivity contribution in [1.82, 2.24) is 0 Å². The lowest BCUT2D eigenvalue weighted by Gasteiger charge is -2.36. The molecule has 0 saturated heterocycles. The molecule has 2 atom stereocenters. The lowest BCUT2D eigenvalue weighted by Crippen LogP contribution is -2.37. The molecule has 1 saturated carbocycles. The Kier molecular flexibility index (Phi) is 2.32. The zero-order valence-corrected chi connectivity index (χ0v) is 6.76. The van der Waals surface area contributed by atoms with Crippen LogP contribution < -0.4 is 0 Å². The van der Waals surface area contributed by atoms with Crippen LogP contribution in [-0.2, 0) is 4.89 Å². The van der Waals surface area contributed by atoms with Crippen LogP contribution >= 0.6 is 0 Å². The fourth-order valence-corrected chi connectivity index (χ4v) is 1.61. The molecule has 0 bridgehead atoms. The molecule has 0 spiro atoms. The van der Waals surface area contributed by atoms with Gasteiger partial charge >= 0.3 is 0 Å². The summed E-state index contributed by atoms with van der Waals surface area (Å²) in [5, 5.41) is 8.62. The van der Waals surface area contributed by atoms with Crippen molar-refractivity contribution < 1.29 is 10.1 Å². The van der Waals surface area contributed by atoms with E-state index in [-0.39, 0.29) is 5.60 Å². The van der Waals surface area contributed by atoms with Crippen LogP contribution in [0.15, 0.2) is 0 Å². The molecule has 0 amide bonds. The molecule has 0 aromatic rings. The summed E-state index contributed by atoms with van der Waals surface area (Å²) in [5.41, 5.74) is -0.266. The molecular weight excluding hydrogens is 128 g/mol. The fraction of sp³-hybridized carbons (Fsp3) is 1.00. The summed E-state index contributed by atoms with van der Waals surface area (Å²) in [6.45, 7) is 4.12. The smallest absolute Gasteiger partial charge is 0.103 e. The van der Waals surface area contributed by atoms with E-state index in [4.69, 9.17) is 5.26 Å². The summed E-state index contributed by atoms with van der Waals surface area (Å²) in [4.78, 5) is 4.49. The molecule has 60 valence electrons. The molecule has 1 fully saturated rings. The summed E-state index contributed by atoms with van der Waals surface area (Å²) in [6.07, 6.45) is 4.63. The second-order valence-electron chi connectivity index (χ2n) is 3.55. The van der Waals surface area contributed by atoms with E-state index in [1.807, 2.05) is 6.92 Å². The Morgan fingerprint density at radius 3 is 2.60 bits per heavy atom. The van der Waals surface area contributed by atoms with Crippen molar-refractivity contribution in [1.29, 1.82) is 0 Å². The van der Waals surface area contributed by atoms with Crippen LogP contribution in [0.5, 0.6) is 0 Å². The summed E-state index contributed by atoms with van der Waals surface area (Å²) < 4.78 is 0. The first-order valence-electron chi connectivity index (χ1n) is 4.01. The van der Waals surface area contributed by atoms with E-state index in [0.29, 0.717) is 5.92 Å². The van der Waals surface area contributed by atoms with Gasteiger partial charge in [-0.2, -0.15) is 0 Å². The Balaban J connectivity index is 2.54. The van der Waals surface area contributed by atoms with E-state index >= 15 is 0 Å². The van der Waals surface area contributed by atoms with Crippen LogP contribution in [-0.4, -0.2) is 10.9 Å². The van der Waals surface area contributed by atoms with Crippen molar-refractivity contribution in [3.05, 3.63) is 0 Å². The molecule has 1 rings (SSSR count). The van der Waals surface area contributed by atoms with Crippen LogP contribution in [0.3, 0.4) is 0 Å². The van der Waals surface area contributed by atoms with E-state index < -0.39 is 0 Å². The average Bonchev–Trinajstić information content (AvgIpc) is 1.96. The first kappa shape index (κ1) is 8.02. The highest BCUT2D eigenvalue weighted by atomic mass is 17.1. The number of rotatable bonds is 1. The van der Waals surface area contributed by atoms with Crippen LogP contribution in [0.4, 0.5) is 0 Å². The van der Waals surface area contributed by atoms with Crippen molar-refractivity contribution in [2.45, 2.75) is 45.1 Å². The Bertz CT molecular complexity index is 114. The van der Waals surface area contributed by atoms with Gasteiger partial charge in [0.15, 0.2) is 0 Å². The van der Waals surface area contributed by atoms with Gasteiger partial charge in [-0.05, 0) is 25.7 Å². The monoisotopic (exact) mass is 144 g/mol. The van der Waals surface area contributed by atoms with Gasteiger partial charge in [0, 0.05) is 0 Å². The van der Waals surface area contributed by atoms with Gasteiger partial charge in [-0.15, -0.1) is 0 Å². The Hall–Kier alpha value is -0.0800. The molecule has 1 N–H and O–H groups in total. The fourth-order valence-electron chi connectivity index (χ4n) is 1.61. The third kappa shape index (κ3) is 1.32. The Morgan fingerprint density at radius 1 is 1.50 bits per heavy atom. The first-order chi connectivity index (χ1) is 4.69. The highest BCUT2D eigenvalue weighted by molar-refractivity contribution is 4.83. The van der Waals surface area contributed by atoms with E-state index in [0.717, 1.165) is 6.42 Å². The third-order valence-corrected chi connectivity index (χ3v) is 2.81. The highest BCUT2D eigenvalue weighted by Crippen LogP contribution is 2.35. The molecule has 1 aliphatic rings. The molecular formula is C8H16O2. The molecule has 2 unspecified atom stereocenters. The first-order valence-corrected chi connectivity index (χ1v) is 4.01. The molecule has 2 nitrogen and oxygen atoms in total. The minimum absolute atomic E-state index is 0.266. The van der Waals surface area contributed by atoms with Gasteiger partial charge in [0.1, 0.15) is 5.60 Å². The molecule has 0 radical (unpaired) electrons. The molecule has 2 heteroatoms. The van der Waals surface area contributed by atoms with Crippen molar-refractivity contribution in [3.8, 4) is 0 Å². The quantitative estimate of drug-likeness (QED) is 0.452. The minimum atomic E-state index is -0.266. The van der Waals surface area contributed by atoms with Gasteiger partial charge in [0.25, 0.3) is 0 Å². The predicted molar refractivity (Wildman–Crippen MR) is 39.8 cm³/mol. The summed E-state index contributed by atoms with van der Waals surface area (Å²) >= 11 is 0. The zero-order valence-electron chi connectivity index (χ0n) is 6.76.